The highest BCUT2D eigenvalue weighted by Gasteiger charge is 2.59. The molecule has 0 amide bonds. The molecule has 3 aliphatic carbocycles. The monoisotopic (exact) mass is 406 g/mol. The van der Waals surface area contributed by atoms with Crippen LogP contribution in [0.4, 0.5) is 0 Å². The lowest BCUT2D eigenvalue weighted by Crippen LogP contribution is -2.58. The van der Waals surface area contributed by atoms with Gasteiger partial charge in [0.05, 0.1) is 0 Å². The van der Waals surface area contributed by atoms with Crippen LogP contribution in [0.2, 0.25) is 0 Å². The fourth-order valence-corrected chi connectivity index (χ4v) is 8.07. The standard InChI is InChI=1S/C23H35NO3S/c1-21(2)10-5-11-23(4)19(21)8-12-22(3)18-9-13-24(14-15-28(25,26)27)16-17(18)6-7-20(22)23/h9,13,16,19-20H,5-8,10-12,14-15H2,1-4H3/p+1/t19-,20-,22-,23-/m0/s1. The molecule has 2 saturated carbocycles. The Balaban J connectivity index is 1.66. The van der Waals surface area contributed by atoms with Crippen molar-refractivity contribution in [1.82, 2.24) is 0 Å². The van der Waals surface area contributed by atoms with E-state index in [4.69, 9.17) is 4.55 Å². The van der Waals surface area contributed by atoms with Gasteiger partial charge in [0.15, 0.2) is 18.9 Å². The second-order valence-electron chi connectivity index (χ2n) is 10.9. The van der Waals surface area contributed by atoms with E-state index in [1.807, 2.05) is 10.8 Å². The number of pyridine rings is 1. The Kier molecular flexibility index (Phi) is 4.74. The molecule has 156 valence electrons. The average molecular weight is 407 g/mol. The van der Waals surface area contributed by atoms with E-state index in [0.717, 1.165) is 18.3 Å². The van der Waals surface area contributed by atoms with Gasteiger partial charge < -0.3 is 0 Å². The fourth-order valence-electron chi connectivity index (χ4n) is 7.63. The Bertz CT molecular complexity index is 878. The minimum Gasteiger partial charge on any atom is -0.285 e. The van der Waals surface area contributed by atoms with Gasteiger partial charge in [-0.05, 0) is 72.2 Å². The van der Waals surface area contributed by atoms with Crippen LogP contribution in [-0.2, 0) is 28.5 Å². The molecule has 3 aliphatic rings. The summed E-state index contributed by atoms with van der Waals surface area (Å²) in [7, 11) is -3.93. The van der Waals surface area contributed by atoms with Crippen LogP contribution in [0.5, 0.6) is 0 Å². The molecule has 5 heteroatoms. The fraction of sp³-hybridized carbons (Fsp3) is 0.783. The third kappa shape index (κ3) is 3.23. The Morgan fingerprint density at radius 1 is 1.11 bits per heavy atom. The summed E-state index contributed by atoms with van der Waals surface area (Å²) in [6.45, 7) is 10.4. The summed E-state index contributed by atoms with van der Waals surface area (Å²) in [4.78, 5) is 0. The topological polar surface area (TPSA) is 58.2 Å². The van der Waals surface area contributed by atoms with Gasteiger partial charge in [-0.15, -0.1) is 0 Å². The van der Waals surface area contributed by atoms with Gasteiger partial charge in [-0.1, -0.05) is 34.1 Å². The second kappa shape index (κ2) is 6.53. The lowest BCUT2D eigenvalue weighted by Gasteiger charge is -2.64. The van der Waals surface area contributed by atoms with Crippen LogP contribution in [0.15, 0.2) is 18.5 Å². The maximum absolute atomic E-state index is 11.1. The van der Waals surface area contributed by atoms with Crippen LogP contribution in [-0.4, -0.2) is 18.7 Å². The zero-order valence-electron chi connectivity index (χ0n) is 17.9. The van der Waals surface area contributed by atoms with E-state index in [0.29, 0.717) is 17.4 Å². The molecule has 4 atom stereocenters. The molecule has 2 fully saturated rings. The number of aromatic nitrogens is 1. The summed E-state index contributed by atoms with van der Waals surface area (Å²) in [6.07, 6.45) is 13.1. The summed E-state index contributed by atoms with van der Waals surface area (Å²) in [5.74, 6) is 1.31. The van der Waals surface area contributed by atoms with Crippen molar-refractivity contribution < 1.29 is 17.5 Å². The molecule has 0 aliphatic heterocycles. The summed E-state index contributed by atoms with van der Waals surface area (Å²) in [6, 6.07) is 2.24. The number of fused-ring (bicyclic) bond motifs is 5. The van der Waals surface area contributed by atoms with Gasteiger partial charge >= 0.3 is 0 Å². The Morgan fingerprint density at radius 3 is 2.57 bits per heavy atom. The predicted octanol–water partition coefficient (Wildman–Crippen LogP) is 4.31. The predicted molar refractivity (Wildman–Crippen MR) is 111 cm³/mol. The maximum Gasteiger partial charge on any atom is 0.271 e. The van der Waals surface area contributed by atoms with Crippen LogP contribution in [0.3, 0.4) is 0 Å². The Labute approximate surface area is 170 Å². The molecule has 1 heterocycles. The second-order valence-corrected chi connectivity index (χ2v) is 12.4. The highest BCUT2D eigenvalue weighted by Crippen LogP contribution is 2.66. The molecule has 0 unspecified atom stereocenters. The van der Waals surface area contributed by atoms with Crippen molar-refractivity contribution in [3.63, 3.8) is 0 Å². The van der Waals surface area contributed by atoms with Crippen LogP contribution in [0.25, 0.3) is 0 Å². The van der Waals surface area contributed by atoms with Crippen LogP contribution in [0.1, 0.15) is 77.3 Å². The molecule has 0 spiro atoms. The van der Waals surface area contributed by atoms with E-state index >= 15 is 0 Å². The molecule has 0 saturated heterocycles. The molecule has 4 nitrogen and oxygen atoms in total. The molecule has 1 N–H and O–H groups in total. The quantitative estimate of drug-likeness (QED) is 0.601. The van der Waals surface area contributed by atoms with E-state index in [-0.39, 0.29) is 11.2 Å². The first-order valence-corrected chi connectivity index (χ1v) is 12.5. The van der Waals surface area contributed by atoms with Gasteiger partial charge in [-0.3, -0.25) is 4.55 Å². The number of hydrogen-bond acceptors (Lipinski definition) is 2. The Morgan fingerprint density at radius 2 is 1.86 bits per heavy atom. The highest BCUT2D eigenvalue weighted by atomic mass is 32.2. The molecule has 1 aromatic rings. The van der Waals surface area contributed by atoms with Crippen LogP contribution in [0, 0.1) is 22.7 Å². The molecule has 0 radical (unpaired) electrons. The van der Waals surface area contributed by atoms with Gasteiger partial charge in [0.25, 0.3) is 10.1 Å². The number of hydrogen-bond donors (Lipinski definition) is 1. The van der Waals surface area contributed by atoms with E-state index in [1.54, 1.807) is 0 Å². The van der Waals surface area contributed by atoms with Crippen molar-refractivity contribution in [2.75, 3.05) is 5.75 Å². The average Bonchev–Trinajstić information content (AvgIpc) is 2.58. The van der Waals surface area contributed by atoms with Gasteiger partial charge in [0.1, 0.15) is 5.75 Å². The molecular formula is C23H36NO3S+. The minimum absolute atomic E-state index is 0.217. The van der Waals surface area contributed by atoms with Crippen LogP contribution < -0.4 is 4.57 Å². The number of nitrogens with zero attached hydrogens (tertiary/aromatic N) is 1. The molecule has 0 bridgehead atoms. The number of rotatable bonds is 3. The van der Waals surface area contributed by atoms with Crippen molar-refractivity contribution in [2.45, 2.75) is 84.6 Å². The summed E-state index contributed by atoms with van der Waals surface area (Å²) in [5.41, 5.74) is 3.94. The van der Waals surface area contributed by atoms with Gasteiger partial charge in [0, 0.05) is 11.6 Å². The molecule has 1 aromatic heterocycles. The van der Waals surface area contributed by atoms with Crippen molar-refractivity contribution in [1.29, 1.82) is 0 Å². The van der Waals surface area contributed by atoms with Crippen molar-refractivity contribution >= 4 is 10.1 Å². The van der Waals surface area contributed by atoms with Gasteiger partial charge in [-0.25, -0.2) is 4.57 Å². The summed E-state index contributed by atoms with van der Waals surface area (Å²) < 4.78 is 33.2. The van der Waals surface area contributed by atoms with Crippen molar-refractivity contribution in [3.05, 3.63) is 29.6 Å². The van der Waals surface area contributed by atoms with Crippen molar-refractivity contribution in [2.24, 2.45) is 22.7 Å². The summed E-state index contributed by atoms with van der Waals surface area (Å²) >= 11 is 0. The lowest BCUT2D eigenvalue weighted by atomic mass is 9.41. The SMILES string of the molecule is CC1(C)CCC[C@]2(C)[C@H]3CCc4c[n+](CCS(=O)(=O)O)ccc4[C@]3(C)CC[C@@H]12. The zero-order valence-corrected chi connectivity index (χ0v) is 18.7. The normalized spacial score (nSPS) is 36.9. The van der Waals surface area contributed by atoms with E-state index in [9.17, 15) is 8.42 Å². The van der Waals surface area contributed by atoms with Crippen LogP contribution >= 0.6 is 0 Å². The molecular weight excluding hydrogens is 370 g/mol. The van der Waals surface area contributed by atoms with Gasteiger partial charge in [-0.2, -0.15) is 8.42 Å². The molecule has 4 rings (SSSR count). The first-order valence-electron chi connectivity index (χ1n) is 10.9. The van der Waals surface area contributed by atoms with E-state index < -0.39 is 10.1 Å². The number of aryl methyl sites for hydroxylation is 2. The Hall–Kier alpha value is -0.940. The zero-order chi connectivity index (χ0) is 20.4. The third-order valence-corrected chi connectivity index (χ3v) is 9.52. The molecule has 28 heavy (non-hydrogen) atoms. The maximum atomic E-state index is 11.1. The van der Waals surface area contributed by atoms with Gasteiger partial charge in [0.2, 0.25) is 0 Å². The third-order valence-electron chi connectivity index (χ3n) is 8.82. The first kappa shape index (κ1) is 20.3. The molecule has 0 aromatic carbocycles. The largest absolute Gasteiger partial charge is 0.285 e. The highest BCUT2D eigenvalue weighted by molar-refractivity contribution is 7.85. The summed E-state index contributed by atoms with van der Waals surface area (Å²) in [5, 5.41) is 0. The van der Waals surface area contributed by atoms with E-state index in [1.165, 1.54) is 49.7 Å². The first-order chi connectivity index (χ1) is 13.0. The lowest BCUT2D eigenvalue weighted by molar-refractivity contribution is -0.693. The smallest absolute Gasteiger partial charge is 0.271 e. The minimum atomic E-state index is -3.93. The van der Waals surface area contributed by atoms with E-state index in [2.05, 4.69) is 40.0 Å². The van der Waals surface area contributed by atoms with Crippen molar-refractivity contribution in [3.8, 4) is 0 Å².